The molecule has 0 aliphatic carbocycles. The van der Waals surface area contributed by atoms with Gasteiger partial charge in [-0.3, -0.25) is 10.1 Å². The third kappa shape index (κ3) is 2.70. The number of rotatable bonds is 2. The average molecular weight is 264 g/mol. The minimum Gasteiger partial charge on any atom is -0.397 e. The highest BCUT2D eigenvalue weighted by atomic mass is 32.1. The van der Waals surface area contributed by atoms with Gasteiger partial charge in [0.25, 0.3) is 5.91 Å². The Labute approximate surface area is 109 Å². The summed E-state index contributed by atoms with van der Waals surface area (Å²) >= 11 is 1.42. The first kappa shape index (κ1) is 12.6. The minimum absolute atomic E-state index is 0.0175. The molecule has 0 spiro atoms. The van der Waals surface area contributed by atoms with E-state index in [4.69, 9.17) is 5.73 Å². The number of hydrogen-bond acceptors (Lipinski definition) is 4. The van der Waals surface area contributed by atoms with Crippen LogP contribution in [0.15, 0.2) is 17.6 Å². The molecule has 2 rings (SSSR count). The zero-order valence-electron chi connectivity index (χ0n) is 10.6. The van der Waals surface area contributed by atoms with E-state index in [2.05, 4.69) is 36.1 Å². The molecule has 2 aromatic rings. The molecule has 0 aromatic carbocycles. The molecule has 0 radical (unpaired) electrons. The number of H-pyrrole nitrogens is 1. The van der Waals surface area contributed by atoms with E-state index in [1.165, 1.54) is 11.3 Å². The summed E-state index contributed by atoms with van der Waals surface area (Å²) in [7, 11) is 0. The summed E-state index contributed by atoms with van der Waals surface area (Å²) in [5, 5.41) is 5.30. The van der Waals surface area contributed by atoms with Crippen molar-refractivity contribution in [2.75, 3.05) is 11.1 Å². The molecule has 0 bridgehead atoms. The molecule has 6 heteroatoms. The van der Waals surface area contributed by atoms with E-state index >= 15 is 0 Å². The Morgan fingerprint density at radius 3 is 2.72 bits per heavy atom. The Kier molecular flexibility index (Phi) is 3.13. The highest BCUT2D eigenvalue weighted by Gasteiger charge is 2.18. The van der Waals surface area contributed by atoms with Crippen molar-refractivity contribution in [1.29, 1.82) is 0 Å². The van der Waals surface area contributed by atoms with Gasteiger partial charge in [-0.1, -0.05) is 20.8 Å². The van der Waals surface area contributed by atoms with E-state index in [-0.39, 0.29) is 11.3 Å². The van der Waals surface area contributed by atoms with Crippen molar-refractivity contribution in [1.82, 2.24) is 9.97 Å². The van der Waals surface area contributed by atoms with E-state index in [0.29, 0.717) is 16.5 Å². The maximum Gasteiger partial charge on any atom is 0.273 e. The number of thiazole rings is 1. The SMILES string of the molecule is CC(C)(C)c1csc(NC(=O)c2cc(N)c[nH]2)n1. The van der Waals surface area contributed by atoms with Crippen molar-refractivity contribution in [3.8, 4) is 0 Å². The first-order valence-electron chi connectivity index (χ1n) is 5.57. The molecule has 0 unspecified atom stereocenters. The number of anilines is 2. The van der Waals surface area contributed by atoms with Crippen LogP contribution in [0.1, 0.15) is 37.0 Å². The van der Waals surface area contributed by atoms with Crippen molar-refractivity contribution in [3.63, 3.8) is 0 Å². The largest absolute Gasteiger partial charge is 0.397 e. The van der Waals surface area contributed by atoms with E-state index in [9.17, 15) is 4.79 Å². The molecule has 18 heavy (non-hydrogen) atoms. The average Bonchev–Trinajstić information content (AvgIpc) is 2.85. The Balaban J connectivity index is 2.10. The number of aromatic nitrogens is 2. The fourth-order valence-corrected chi connectivity index (χ4v) is 2.31. The number of carbonyl (C=O) groups excluding carboxylic acids is 1. The predicted octanol–water partition coefficient (Wildman–Crippen LogP) is 2.60. The molecule has 1 amide bonds. The summed E-state index contributed by atoms with van der Waals surface area (Å²) in [6.45, 7) is 6.25. The van der Waals surface area contributed by atoms with E-state index in [0.717, 1.165) is 5.69 Å². The second-order valence-corrected chi connectivity index (χ2v) is 5.95. The maximum atomic E-state index is 11.9. The molecule has 0 atom stereocenters. The molecule has 5 nitrogen and oxygen atoms in total. The van der Waals surface area contributed by atoms with E-state index in [1.807, 2.05) is 5.38 Å². The molecule has 0 saturated carbocycles. The van der Waals surface area contributed by atoms with Crippen LogP contribution in [0.2, 0.25) is 0 Å². The van der Waals surface area contributed by atoms with Crippen LogP contribution in [0, 0.1) is 0 Å². The van der Waals surface area contributed by atoms with E-state index < -0.39 is 0 Å². The number of nitrogens with zero attached hydrogens (tertiary/aromatic N) is 1. The van der Waals surface area contributed by atoms with E-state index in [1.54, 1.807) is 12.3 Å². The lowest BCUT2D eigenvalue weighted by Gasteiger charge is -2.14. The lowest BCUT2D eigenvalue weighted by atomic mass is 9.93. The Bertz CT molecular complexity index is 565. The molecule has 0 fully saturated rings. The summed E-state index contributed by atoms with van der Waals surface area (Å²) in [4.78, 5) is 19.1. The van der Waals surface area contributed by atoms with Gasteiger partial charge in [-0.2, -0.15) is 0 Å². The second kappa shape index (κ2) is 4.45. The fraction of sp³-hybridized carbons (Fsp3) is 0.333. The van der Waals surface area contributed by atoms with Gasteiger partial charge in [-0.05, 0) is 6.07 Å². The number of hydrogen-bond donors (Lipinski definition) is 3. The molecule has 2 aromatic heterocycles. The van der Waals surface area contributed by atoms with Crippen molar-refractivity contribution in [2.24, 2.45) is 0 Å². The molecular weight excluding hydrogens is 248 g/mol. The van der Waals surface area contributed by atoms with Crippen LogP contribution >= 0.6 is 11.3 Å². The molecular formula is C12H16N4OS. The third-order valence-corrected chi connectivity index (χ3v) is 3.20. The van der Waals surface area contributed by atoms with Crippen LogP contribution in [0.5, 0.6) is 0 Å². The number of carbonyl (C=O) groups is 1. The van der Waals surface area contributed by atoms with Crippen molar-refractivity contribution < 1.29 is 4.79 Å². The normalized spacial score (nSPS) is 11.5. The van der Waals surface area contributed by atoms with Crippen molar-refractivity contribution >= 4 is 28.1 Å². The minimum atomic E-state index is -0.235. The molecule has 2 heterocycles. The summed E-state index contributed by atoms with van der Waals surface area (Å²) in [5.74, 6) is -0.235. The van der Waals surface area contributed by atoms with Gasteiger partial charge in [0.2, 0.25) is 0 Å². The van der Waals surface area contributed by atoms with Crippen LogP contribution in [-0.4, -0.2) is 15.9 Å². The van der Waals surface area contributed by atoms with Gasteiger partial charge < -0.3 is 10.7 Å². The van der Waals surface area contributed by atoms with Crippen LogP contribution in [-0.2, 0) is 5.41 Å². The predicted molar refractivity (Wildman–Crippen MR) is 74.0 cm³/mol. The first-order chi connectivity index (χ1) is 8.36. The van der Waals surface area contributed by atoms with Gasteiger partial charge in [0.05, 0.1) is 5.69 Å². The number of aromatic amines is 1. The lowest BCUT2D eigenvalue weighted by Crippen LogP contribution is -2.14. The third-order valence-electron chi connectivity index (χ3n) is 2.44. The summed E-state index contributed by atoms with van der Waals surface area (Å²) in [6.07, 6.45) is 1.58. The standard InChI is InChI=1S/C12H16N4OS/c1-12(2,3)9-6-18-11(15-9)16-10(17)8-4-7(13)5-14-8/h4-6,14H,13H2,1-3H3,(H,15,16,17). The topological polar surface area (TPSA) is 83.8 Å². The Morgan fingerprint density at radius 1 is 1.50 bits per heavy atom. The zero-order chi connectivity index (χ0) is 13.3. The summed E-state index contributed by atoms with van der Waals surface area (Å²) in [5.41, 5.74) is 7.46. The van der Waals surface area contributed by atoms with Crippen LogP contribution in [0.25, 0.3) is 0 Å². The highest BCUT2D eigenvalue weighted by molar-refractivity contribution is 7.14. The molecule has 96 valence electrons. The molecule has 4 N–H and O–H groups in total. The molecule has 0 aliphatic heterocycles. The lowest BCUT2D eigenvalue weighted by molar-refractivity contribution is 0.102. The van der Waals surface area contributed by atoms with Gasteiger partial charge >= 0.3 is 0 Å². The Morgan fingerprint density at radius 2 is 2.22 bits per heavy atom. The first-order valence-corrected chi connectivity index (χ1v) is 6.45. The fourth-order valence-electron chi connectivity index (χ4n) is 1.38. The van der Waals surface area contributed by atoms with Gasteiger partial charge in [0.15, 0.2) is 5.13 Å². The smallest absolute Gasteiger partial charge is 0.273 e. The van der Waals surface area contributed by atoms with Gasteiger partial charge in [-0.15, -0.1) is 11.3 Å². The molecule has 0 saturated heterocycles. The van der Waals surface area contributed by atoms with Gasteiger partial charge in [0, 0.05) is 22.7 Å². The number of amides is 1. The van der Waals surface area contributed by atoms with Gasteiger partial charge in [0.1, 0.15) is 5.69 Å². The van der Waals surface area contributed by atoms with Crippen molar-refractivity contribution in [2.45, 2.75) is 26.2 Å². The quantitative estimate of drug-likeness (QED) is 0.779. The monoisotopic (exact) mass is 264 g/mol. The van der Waals surface area contributed by atoms with Crippen LogP contribution in [0.4, 0.5) is 10.8 Å². The van der Waals surface area contributed by atoms with Crippen LogP contribution < -0.4 is 11.1 Å². The Hall–Kier alpha value is -1.82. The number of nitrogen functional groups attached to an aromatic ring is 1. The summed E-state index contributed by atoms with van der Waals surface area (Å²) < 4.78 is 0. The van der Waals surface area contributed by atoms with Crippen LogP contribution in [0.3, 0.4) is 0 Å². The summed E-state index contributed by atoms with van der Waals surface area (Å²) in [6, 6.07) is 1.59. The number of nitrogens with one attached hydrogen (secondary N) is 2. The number of nitrogens with two attached hydrogens (primary N) is 1. The highest BCUT2D eigenvalue weighted by Crippen LogP contribution is 2.26. The molecule has 0 aliphatic rings. The maximum absolute atomic E-state index is 11.9. The van der Waals surface area contributed by atoms with Crippen molar-refractivity contribution in [3.05, 3.63) is 29.0 Å². The van der Waals surface area contributed by atoms with Gasteiger partial charge in [-0.25, -0.2) is 4.98 Å². The second-order valence-electron chi connectivity index (χ2n) is 5.09. The zero-order valence-corrected chi connectivity index (χ0v) is 11.4.